The number of hydrogen-bond donors (Lipinski definition) is 1. The SMILES string of the molecule is Cl.Cn1c(-c2ccccc2C(F)(F)F)nnc1C(C)(C)Oc1ccc(Cl)cc1CNS(C)(=O)=O. The molecule has 0 saturated carbocycles. The molecular weight excluding hydrogens is 516 g/mol. The standard InChI is InChI=1S/C21H22ClF3N4O3S.ClH/c1-20(2,32-17-10-9-14(22)11-13(17)12-26-33(4,30)31)19-28-27-18(29(19)3)15-7-5-6-8-16(15)21(23,24)25;/h5-11,26H,12H2,1-4H3;1H. The number of halogens is 5. The number of sulfonamides is 1. The summed E-state index contributed by atoms with van der Waals surface area (Å²) in [5.41, 5.74) is -1.59. The Morgan fingerprint density at radius 2 is 1.76 bits per heavy atom. The maximum Gasteiger partial charge on any atom is 0.417 e. The Labute approximate surface area is 206 Å². The molecule has 34 heavy (non-hydrogen) atoms. The first kappa shape index (κ1) is 27.9. The van der Waals surface area contributed by atoms with Gasteiger partial charge in [-0.15, -0.1) is 22.6 Å². The van der Waals surface area contributed by atoms with Gasteiger partial charge >= 0.3 is 6.18 Å². The van der Waals surface area contributed by atoms with E-state index in [1.165, 1.54) is 22.8 Å². The Balaban J connectivity index is 0.00000408. The van der Waals surface area contributed by atoms with Crippen LogP contribution in [0.25, 0.3) is 11.4 Å². The van der Waals surface area contributed by atoms with Gasteiger partial charge in [0.25, 0.3) is 0 Å². The zero-order valence-electron chi connectivity index (χ0n) is 18.6. The molecule has 186 valence electrons. The first-order chi connectivity index (χ1) is 15.2. The van der Waals surface area contributed by atoms with Gasteiger partial charge < -0.3 is 9.30 Å². The predicted molar refractivity (Wildman–Crippen MR) is 125 cm³/mol. The maximum absolute atomic E-state index is 13.5. The van der Waals surface area contributed by atoms with Crippen LogP contribution in [0.5, 0.6) is 5.75 Å². The van der Waals surface area contributed by atoms with Crippen molar-refractivity contribution in [1.82, 2.24) is 19.5 Å². The first-order valence-corrected chi connectivity index (χ1v) is 11.9. The zero-order valence-corrected chi connectivity index (χ0v) is 21.0. The van der Waals surface area contributed by atoms with Gasteiger partial charge in [0.1, 0.15) is 5.75 Å². The minimum absolute atomic E-state index is 0. The molecule has 1 heterocycles. The largest absolute Gasteiger partial charge is 0.480 e. The average molecular weight is 539 g/mol. The van der Waals surface area contributed by atoms with Gasteiger partial charge in [-0.05, 0) is 38.1 Å². The third kappa shape index (κ3) is 6.41. The highest BCUT2D eigenvalue weighted by Crippen LogP contribution is 2.37. The second-order valence-corrected chi connectivity index (χ2v) is 10.2. The number of ether oxygens (including phenoxy) is 1. The van der Waals surface area contributed by atoms with Crippen molar-refractivity contribution in [2.24, 2.45) is 7.05 Å². The molecule has 1 N–H and O–H groups in total. The molecule has 0 bridgehead atoms. The van der Waals surface area contributed by atoms with E-state index in [9.17, 15) is 21.6 Å². The average Bonchev–Trinajstić information content (AvgIpc) is 3.09. The van der Waals surface area contributed by atoms with E-state index in [-0.39, 0.29) is 36.2 Å². The highest BCUT2D eigenvalue weighted by molar-refractivity contribution is 7.88. The molecule has 3 rings (SSSR count). The number of benzene rings is 2. The summed E-state index contributed by atoms with van der Waals surface area (Å²) in [5, 5.41) is 8.48. The van der Waals surface area contributed by atoms with Gasteiger partial charge in [-0.1, -0.05) is 29.8 Å². The summed E-state index contributed by atoms with van der Waals surface area (Å²) in [4.78, 5) is 0. The summed E-state index contributed by atoms with van der Waals surface area (Å²) in [6.07, 6.45) is -3.53. The maximum atomic E-state index is 13.5. The number of aromatic nitrogens is 3. The predicted octanol–water partition coefficient (Wildman–Crippen LogP) is 4.94. The lowest BCUT2D eigenvalue weighted by Gasteiger charge is -2.27. The van der Waals surface area contributed by atoms with Crippen LogP contribution in [0.1, 0.15) is 30.8 Å². The molecule has 0 radical (unpaired) electrons. The second kappa shape index (κ2) is 10.1. The van der Waals surface area contributed by atoms with Crippen molar-refractivity contribution in [3.8, 4) is 17.1 Å². The Morgan fingerprint density at radius 1 is 1.12 bits per heavy atom. The van der Waals surface area contributed by atoms with Gasteiger partial charge in [0.2, 0.25) is 10.0 Å². The quantitative estimate of drug-likeness (QED) is 0.460. The molecule has 0 fully saturated rings. The normalized spacial score (nSPS) is 12.4. The van der Waals surface area contributed by atoms with E-state index >= 15 is 0 Å². The van der Waals surface area contributed by atoms with E-state index in [4.69, 9.17) is 16.3 Å². The number of nitrogens with zero attached hydrogens (tertiary/aromatic N) is 3. The van der Waals surface area contributed by atoms with E-state index in [2.05, 4.69) is 14.9 Å². The topological polar surface area (TPSA) is 86.1 Å². The summed E-state index contributed by atoms with van der Waals surface area (Å²) in [6, 6.07) is 9.85. The second-order valence-electron chi connectivity index (χ2n) is 7.91. The fourth-order valence-corrected chi connectivity index (χ4v) is 3.94. The Morgan fingerprint density at radius 3 is 2.38 bits per heavy atom. The minimum Gasteiger partial charge on any atom is -0.480 e. The van der Waals surface area contributed by atoms with E-state index in [0.717, 1.165) is 12.3 Å². The van der Waals surface area contributed by atoms with Gasteiger partial charge in [0.15, 0.2) is 17.2 Å². The van der Waals surface area contributed by atoms with Crippen LogP contribution in [0.2, 0.25) is 5.02 Å². The smallest absolute Gasteiger partial charge is 0.417 e. The van der Waals surface area contributed by atoms with Crippen LogP contribution < -0.4 is 9.46 Å². The van der Waals surface area contributed by atoms with Crippen molar-refractivity contribution in [2.75, 3.05) is 6.26 Å². The Hall–Kier alpha value is -2.34. The van der Waals surface area contributed by atoms with Crippen molar-refractivity contribution in [3.05, 3.63) is 64.4 Å². The third-order valence-electron chi connectivity index (χ3n) is 4.80. The molecule has 3 aromatic rings. The third-order valence-corrected chi connectivity index (χ3v) is 5.70. The minimum atomic E-state index is -4.56. The molecule has 7 nitrogen and oxygen atoms in total. The van der Waals surface area contributed by atoms with Crippen LogP contribution in [-0.2, 0) is 35.4 Å². The van der Waals surface area contributed by atoms with Crippen LogP contribution in [-0.4, -0.2) is 29.4 Å². The van der Waals surface area contributed by atoms with Gasteiger partial charge in [0, 0.05) is 29.7 Å². The molecular formula is C21H23Cl2F3N4O3S. The van der Waals surface area contributed by atoms with E-state index in [1.54, 1.807) is 39.1 Å². The van der Waals surface area contributed by atoms with Gasteiger partial charge in [-0.25, -0.2) is 13.1 Å². The van der Waals surface area contributed by atoms with Crippen LogP contribution in [0.4, 0.5) is 13.2 Å². The van der Waals surface area contributed by atoms with Crippen LogP contribution in [0.3, 0.4) is 0 Å². The highest BCUT2D eigenvalue weighted by Gasteiger charge is 2.36. The van der Waals surface area contributed by atoms with Gasteiger partial charge in [-0.2, -0.15) is 13.2 Å². The van der Waals surface area contributed by atoms with Crippen LogP contribution in [0.15, 0.2) is 42.5 Å². The molecule has 0 unspecified atom stereocenters. The molecule has 0 aliphatic rings. The highest BCUT2D eigenvalue weighted by atomic mass is 35.5. The van der Waals surface area contributed by atoms with Crippen molar-refractivity contribution in [2.45, 2.75) is 32.2 Å². The van der Waals surface area contributed by atoms with Gasteiger partial charge in [-0.3, -0.25) is 0 Å². The molecule has 0 atom stereocenters. The zero-order chi connectivity index (χ0) is 24.6. The number of alkyl halides is 3. The first-order valence-electron chi connectivity index (χ1n) is 9.67. The Bertz CT molecular complexity index is 1280. The van der Waals surface area contributed by atoms with Crippen molar-refractivity contribution in [3.63, 3.8) is 0 Å². The van der Waals surface area contributed by atoms with E-state index < -0.39 is 27.4 Å². The van der Waals surface area contributed by atoms with Crippen molar-refractivity contribution in [1.29, 1.82) is 0 Å². The number of hydrogen-bond acceptors (Lipinski definition) is 5. The van der Waals surface area contributed by atoms with Crippen molar-refractivity contribution < 1.29 is 26.3 Å². The fraction of sp³-hybridized carbons (Fsp3) is 0.333. The molecule has 0 saturated heterocycles. The summed E-state index contributed by atoms with van der Waals surface area (Å²) in [6.45, 7) is 3.30. The summed E-state index contributed by atoms with van der Waals surface area (Å²) in [7, 11) is -1.91. The molecule has 13 heteroatoms. The summed E-state index contributed by atoms with van der Waals surface area (Å²) in [5.74, 6) is 0.636. The number of nitrogens with one attached hydrogen (secondary N) is 1. The lowest BCUT2D eigenvalue weighted by atomic mass is 10.1. The monoisotopic (exact) mass is 538 g/mol. The molecule has 0 aliphatic heterocycles. The number of rotatable bonds is 7. The lowest BCUT2D eigenvalue weighted by molar-refractivity contribution is -0.137. The lowest BCUT2D eigenvalue weighted by Crippen LogP contribution is -2.30. The molecule has 2 aromatic carbocycles. The summed E-state index contributed by atoms with van der Waals surface area (Å²) < 4.78 is 73.4. The summed E-state index contributed by atoms with van der Waals surface area (Å²) >= 11 is 6.05. The van der Waals surface area contributed by atoms with Crippen molar-refractivity contribution >= 4 is 34.0 Å². The molecule has 0 aliphatic carbocycles. The van der Waals surface area contributed by atoms with Crippen LogP contribution >= 0.6 is 24.0 Å². The molecule has 0 spiro atoms. The fourth-order valence-electron chi connectivity index (χ4n) is 3.33. The molecule has 0 amide bonds. The van der Waals surface area contributed by atoms with E-state index in [1.807, 2.05) is 0 Å². The molecule has 1 aromatic heterocycles. The van der Waals surface area contributed by atoms with E-state index in [0.29, 0.717) is 16.3 Å². The Kier molecular flexibility index (Phi) is 8.29. The van der Waals surface area contributed by atoms with Gasteiger partial charge in [0.05, 0.1) is 11.8 Å². The van der Waals surface area contributed by atoms with Crippen LogP contribution in [0, 0.1) is 0 Å².